The highest BCUT2D eigenvalue weighted by Crippen LogP contribution is 2.29. The molecule has 6 heteroatoms. The minimum Gasteiger partial charge on any atom is -0.457 e. The maximum absolute atomic E-state index is 12.0. The van der Waals surface area contributed by atoms with Crippen molar-refractivity contribution in [1.29, 1.82) is 5.26 Å². The molecule has 0 atom stereocenters. The van der Waals surface area contributed by atoms with Gasteiger partial charge in [0.15, 0.2) is 0 Å². The van der Waals surface area contributed by atoms with Gasteiger partial charge in [0.05, 0.1) is 0 Å². The second-order valence-electron chi connectivity index (χ2n) is 5.62. The third kappa shape index (κ3) is 3.12. The van der Waals surface area contributed by atoms with E-state index in [1.54, 1.807) is 25.1 Å². The van der Waals surface area contributed by atoms with Gasteiger partial charge in [-0.25, -0.2) is 0 Å². The largest absolute Gasteiger partial charge is 0.457 e. The Kier molecular flexibility index (Phi) is 4.30. The number of benzene rings is 1. The van der Waals surface area contributed by atoms with E-state index < -0.39 is 11.8 Å². The molecule has 0 fully saturated rings. The van der Waals surface area contributed by atoms with Crippen molar-refractivity contribution in [1.82, 2.24) is 5.32 Å². The Hall–Kier alpha value is -3.10. The summed E-state index contributed by atoms with van der Waals surface area (Å²) in [6, 6.07) is 10.9. The summed E-state index contributed by atoms with van der Waals surface area (Å²) < 4.78 is 5.75. The van der Waals surface area contributed by atoms with E-state index >= 15 is 0 Å². The number of hydrogen-bond donors (Lipinski definition) is 1. The number of aryl methyl sites for hydroxylation is 1. The van der Waals surface area contributed by atoms with Gasteiger partial charge in [-0.3, -0.25) is 14.9 Å². The Morgan fingerprint density at radius 2 is 1.92 bits per heavy atom. The summed E-state index contributed by atoms with van der Waals surface area (Å²) in [6.45, 7) is 3.47. The number of nitrogens with one attached hydrogen (secondary N) is 1. The number of hydrogen-bond acceptors (Lipinski definition) is 4. The predicted octanol–water partition coefficient (Wildman–Crippen LogP) is 3.79. The Bertz CT molecular complexity index is 1010. The maximum atomic E-state index is 12.0. The first kappa shape index (κ1) is 16.7. The van der Waals surface area contributed by atoms with Crippen LogP contribution in [0.3, 0.4) is 0 Å². The van der Waals surface area contributed by atoms with Crippen molar-refractivity contribution < 1.29 is 14.0 Å². The number of amides is 2. The molecule has 0 aliphatic carbocycles. The van der Waals surface area contributed by atoms with E-state index in [2.05, 4.69) is 5.32 Å². The van der Waals surface area contributed by atoms with Crippen molar-refractivity contribution in [3.05, 3.63) is 63.4 Å². The Balaban J connectivity index is 2.00. The van der Waals surface area contributed by atoms with Crippen LogP contribution in [-0.2, 0) is 9.59 Å². The van der Waals surface area contributed by atoms with Crippen molar-refractivity contribution >= 4 is 29.5 Å². The van der Waals surface area contributed by atoms with Gasteiger partial charge in [-0.05, 0) is 49.3 Å². The van der Waals surface area contributed by atoms with Crippen LogP contribution in [0, 0.1) is 18.3 Å². The molecule has 1 aromatic heterocycles. The molecule has 2 aromatic rings. The molecular formula is C19H13ClN2O3. The average molecular weight is 353 g/mol. The molecule has 25 heavy (non-hydrogen) atoms. The van der Waals surface area contributed by atoms with Crippen molar-refractivity contribution in [3.63, 3.8) is 0 Å². The number of halogens is 1. The Morgan fingerprint density at radius 1 is 1.16 bits per heavy atom. The third-order valence-electron chi connectivity index (χ3n) is 3.96. The van der Waals surface area contributed by atoms with E-state index in [0.29, 0.717) is 22.1 Å². The van der Waals surface area contributed by atoms with E-state index in [9.17, 15) is 9.59 Å². The molecule has 124 valence electrons. The molecule has 3 rings (SSSR count). The molecule has 0 saturated heterocycles. The average Bonchev–Trinajstić information content (AvgIpc) is 3.03. The first-order valence-corrected chi connectivity index (χ1v) is 7.83. The van der Waals surface area contributed by atoms with Gasteiger partial charge in [0, 0.05) is 16.2 Å². The minimum absolute atomic E-state index is 0.0806. The summed E-state index contributed by atoms with van der Waals surface area (Å²) in [4.78, 5) is 23.7. The van der Waals surface area contributed by atoms with Crippen LogP contribution in [0.1, 0.15) is 18.2 Å². The van der Waals surface area contributed by atoms with Gasteiger partial charge in [0.2, 0.25) is 0 Å². The second-order valence-corrected chi connectivity index (χ2v) is 6.03. The lowest BCUT2D eigenvalue weighted by atomic mass is 9.96. The smallest absolute Gasteiger partial charge is 0.269 e. The number of carbonyl (C=O) groups excluding carboxylic acids is 2. The third-order valence-corrected chi connectivity index (χ3v) is 4.37. The fourth-order valence-corrected chi connectivity index (χ4v) is 2.67. The number of nitriles is 1. The summed E-state index contributed by atoms with van der Waals surface area (Å²) >= 11 is 6.13. The highest BCUT2D eigenvalue weighted by atomic mass is 35.5. The van der Waals surface area contributed by atoms with Crippen molar-refractivity contribution in [2.75, 3.05) is 0 Å². The van der Waals surface area contributed by atoms with Gasteiger partial charge in [-0.2, -0.15) is 5.26 Å². The molecule has 0 bridgehead atoms. The summed E-state index contributed by atoms with van der Waals surface area (Å²) in [5.41, 5.74) is 2.25. The predicted molar refractivity (Wildman–Crippen MR) is 93.3 cm³/mol. The molecule has 0 saturated carbocycles. The van der Waals surface area contributed by atoms with E-state index in [1.807, 2.05) is 25.1 Å². The van der Waals surface area contributed by atoms with Crippen LogP contribution in [0.4, 0.5) is 0 Å². The molecule has 2 heterocycles. The number of carbonyl (C=O) groups is 2. The van der Waals surface area contributed by atoms with Crippen LogP contribution >= 0.6 is 11.6 Å². The van der Waals surface area contributed by atoms with Crippen LogP contribution < -0.4 is 5.32 Å². The second kappa shape index (κ2) is 6.42. The molecular weight excluding hydrogens is 340 g/mol. The molecule has 5 nitrogen and oxygen atoms in total. The van der Waals surface area contributed by atoms with Gasteiger partial charge in [0.1, 0.15) is 23.2 Å². The zero-order chi connectivity index (χ0) is 18.1. The van der Waals surface area contributed by atoms with Crippen molar-refractivity contribution in [3.8, 4) is 17.4 Å². The molecule has 0 spiro atoms. The number of imide groups is 1. The first-order valence-electron chi connectivity index (χ1n) is 7.46. The first-order chi connectivity index (χ1) is 11.9. The zero-order valence-corrected chi connectivity index (χ0v) is 14.3. The zero-order valence-electron chi connectivity index (χ0n) is 13.5. The fourth-order valence-electron chi connectivity index (χ4n) is 2.49. The standard InChI is InChI=1S/C19H13ClN2O3/c1-10-3-4-12(7-16(10)20)17-6-5-13(25-17)8-14-11(2)15(9-21)19(24)22-18(14)23/h3-8H,1-2H3,(H,22,23,24). The van der Waals surface area contributed by atoms with Gasteiger partial charge in [-0.15, -0.1) is 0 Å². The van der Waals surface area contributed by atoms with E-state index in [1.165, 1.54) is 6.08 Å². The van der Waals surface area contributed by atoms with Crippen LogP contribution in [0.25, 0.3) is 17.4 Å². The lowest BCUT2D eigenvalue weighted by Gasteiger charge is -2.15. The fraction of sp³-hybridized carbons (Fsp3) is 0.105. The Labute approximate surface area is 149 Å². The van der Waals surface area contributed by atoms with Crippen molar-refractivity contribution in [2.45, 2.75) is 13.8 Å². The summed E-state index contributed by atoms with van der Waals surface area (Å²) in [5.74, 6) is -0.208. The molecule has 1 aliphatic heterocycles. The van der Waals surface area contributed by atoms with Gasteiger partial charge in [-0.1, -0.05) is 23.7 Å². The number of furan rings is 1. The number of rotatable bonds is 2. The van der Waals surface area contributed by atoms with Gasteiger partial charge < -0.3 is 4.42 Å². The summed E-state index contributed by atoms with van der Waals surface area (Å²) in [7, 11) is 0. The molecule has 1 aliphatic rings. The lowest BCUT2D eigenvalue weighted by molar-refractivity contribution is -0.126. The van der Waals surface area contributed by atoms with E-state index in [0.717, 1.165) is 11.1 Å². The van der Waals surface area contributed by atoms with Gasteiger partial charge in [0.25, 0.3) is 11.8 Å². The quantitative estimate of drug-likeness (QED) is 0.658. The van der Waals surface area contributed by atoms with Crippen molar-refractivity contribution in [2.24, 2.45) is 0 Å². The highest BCUT2D eigenvalue weighted by molar-refractivity contribution is 6.31. The topological polar surface area (TPSA) is 83.1 Å². The minimum atomic E-state index is -0.684. The summed E-state index contributed by atoms with van der Waals surface area (Å²) in [5, 5.41) is 11.8. The maximum Gasteiger partial charge on any atom is 0.269 e. The molecule has 1 N–H and O–H groups in total. The molecule has 0 unspecified atom stereocenters. The molecule has 2 amide bonds. The normalized spacial score (nSPS) is 16.2. The number of nitrogens with zero attached hydrogens (tertiary/aromatic N) is 1. The molecule has 1 aromatic carbocycles. The van der Waals surface area contributed by atoms with Crippen LogP contribution in [0.15, 0.2) is 51.5 Å². The van der Waals surface area contributed by atoms with E-state index in [-0.39, 0.29) is 11.1 Å². The summed E-state index contributed by atoms with van der Waals surface area (Å²) in [6.07, 6.45) is 1.51. The molecule has 0 radical (unpaired) electrons. The Morgan fingerprint density at radius 3 is 2.60 bits per heavy atom. The van der Waals surface area contributed by atoms with Crippen LogP contribution in [0.2, 0.25) is 5.02 Å². The SMILES string of the molecule is CC1=C(C#N)C(=O)NC(=O)C1=Cc1ccc(-c2ccc(C)c(Cl)c2)o1. The van der Waals surface area contributed by atoms with Gasteiger partial charge >= 0.3 is 0 Å². The van der Waals surface area contributed by atoms with Crippen LogP contribution in [0.5, 0.6) is 0 Å². The van der Waals surface area contributed by atoms with E-state index in [4.69, 9.17) is 21.3 Å². The monoisotopic (exact) mass is 352 g/mol. The highest BCUT2D eigenvalue weighted by Gasteiger charge is 2.27. The lowest BCUT2D eigenvalue weighted by Crippen LogP contribution is -2.37. The van der Waals surface area contributed by atoms with Crippen LogP contribution in [-0.4, -0.2) is 11.8 Å².